The van der Waals surface area contributed by atoms with E-state index in [0.29, 0.717) is 28.6 Å². The highest BCUT2D eigenvalue weighted by molar-refractivity contribution is 9.10. The summed E-state index contributed by atoms with van der Waals surface area (Å²) in [6.07, 6.45) is 1.45. The molecule has 0 bridgehead atoms. The average Bonchev–Trinajstić information content (AvgIpc) is 2.45. The minimum absolute atomic E-state index is 0.285. The molecule has 1 amide bonds. The Bertz CT molecular complexity index is 679. The third-order valence-corrected chi connectivity index (χ3v) is 3.86. The first kappa shape index (κ1) is 16.1. The Labute approximate surface area is 141 Å². The number of halogens is 3. The largest absolute Gasteiger partial charge is 0.370 e. The van der Waals surface area contributed by atoms with Crippen molar-refractivity contribution in [3.05, 3.63) is 50.5 Å². The van der Waals surface area contributed by atoms with Gasteiger partial charge in [-0.3, -0.25) is 4.79 Å². The second-order valence-corrected chi connectivity index (χ2v) is 5.86. The highest BCUT2D eigenvalue weighted by atomic mass is 79.9. The van der Waals surface area contributed by atoms with Crippen molar-refractivity contribution in [1.29, 1.82) is 0 Å². The number of nitrogens with one attached hydrogen (secondary N) is 2. The van der Waals surface area contributed by atoms with E-state index in [9.17, 15) is 4.79 Å². The van der Waals surface area contributed by atoms with Gasteiger partial charge in [-0.05, 0) is 47.1 Å². The number of hydrogen-bond donors (Lipinski definition) is 2. The van der Waals surface area contributed by atoms with Crippen molar-refractivity contribution in [1.82, 2.24) is 4.98 Å². The van der Waals surface area contributed by atoms with Gasteiger partial charge in [-0.15, -0.1) is 0 Å². The Hall–Kier alpha value is -1.30. The van der Waals surface area contributed by atoms with Gasteiger partial charge in [0.1, 0.15) is 5.82 Å². The second kappa shape index (κ2) is 7.11. The third kappa shape index (κ3) is 4.09. The number of hydrogen-bond acceptors (Lipinski definition) is 3. The van der Waals surface area contributed by atoms with E-state index in [2.05, 4.69) is 31.5 Å². The predicted octanol–water partition coefficient (Wildman–Crippen LogP) is 4.84. The molecule has 21 heavy (non-hydrogen) atoms. The van der Waals surface area contributed by atoms with Crippen LogP contribution in [0.1, 0.15) is 17.3 Å². The number of carbonyl (C=O) groups is 1. The molecule has 0 unspecified atom stereocenters. The van der Waals surface area contributed by atoms with Crippen LogP contribution in [-0.2, 0) is 0 Å². The maximum atomic E-state index is 12.3. The summed E-state index contributed by atoms with van der Waals surface area (Å²) in [6.45, 7) is 2.65. The van der Waals surface area contributed by atoms with E-state index in [4.69, 9.17) is 23.2 Å². The lowest BCUT2D eigenvalue weighted by Crippen LogP contribution is -2.14. The molecule has 0 aliphatic heterocycles. The molecule has 0 radical (unpaired) electrons. The molecule has 0 saturated carbocycles. The molecule has 0 saturated heterocycles. The van der Waals surface area contributed by atoms with Gasteiger partial charge in [-0.25, -0.2) is 4.98 Å². The number of carbonyl (C=O) groups excluding carboxylic acids is 1. The van der Waals surface area contributed by atoms with Gasteiger partial charge in [0.05, 0.1) is 16.3 Å². The predicted molar refractivity (Wildman–Crippen MR) is 90.5 cm³/mol. The molecule has 0 aliphatic rings. The summed E-state index contributed by atoms with van der Waals surface area (Å²) in [5, 5.41) is 6.62. The molecule has 1 heterocycles. The number of aromatic nitrogens is 1. The molecular formula is C14H12BrCl2N3O. The van der Waals surface area contributed by atoms with Crippen LogP contribution in [0.2, 0.25) is 10.0 Å². The molecule has 0 spiro atoms. The summed E-state index contributed by atoms with van der Waals surface area (Å²) in [7, 11) is 0. The molecule has 2 aromatic rings. The standard InChI is InChI=1S/C14H12BrCl2N3O/c1-2-18-13-6-9(11(17)7-19-13)14(21)20-12-5-8(16)3-4-10(12)15/h3-7H,2H2,1H3,(H,18,19)(H,20,21). The fourth-order valence-corrected chi connectivity index (χ4v) is 2.38. The van der Waals surface area contributed by atoms with Crippen molar-refractivity contribution in [2.75, 3.05) is 17.2 Å². The smallest absolute Gasteiger partial charge is 0.257 e. The maximum Gasteiger partial charge on any atom is 0.257 e. The third-order valence-electron chi connectivity index (χ3n) is 2.63. The number of anilines is 2. The lowest BCUT2D eigenvalue weighted by molar-refractivity contribution is 0.102. The Balaban J connectivity index is 2.27. The summed E-state index contributed by atoms with van der Waals surface area (Å²) in [6, 6.07) is 6.75. The van der Waals surface area contributed by atoms with E-state index in [1.165, 1.54) is 6.20 Å². The lowest BCUT2D eigenvalue weighted by atomic mass is 10.2. The first-order valence-corrected chi connectivity index (χ1v) is 7.72. The summed E-state index contributed by atoms with van der Waals surface area (Å²) < 4.78 is 0.734. The Kier molecular flexibility index (Phi) is 5.45. The van der Waals surface area contributed by atoms with Crippen molar-refractivity contribution in [3.63, 3.8) is 0 Å². The van der Waals surface area contributed by atoms with Crippen LogP contribution in [0.25, 0.3) is 0 Å². The van der Waals surface area contributed by atoms with Gasteiger partial charge in [0.25, 0.3) is 5.91 Å². The lowest BCUT2D eigenvalue weighted by Gasteiger charge is -2.10. The molecule has 4 nitrogen and oxygen atoms in total. The highest BCUT2D eigenvalue weighted by Crippen LogP contribution is 2.27. The summed E-state index contributed by atoms with van der Waals surface area (Å²) >= 11 is 15.3. The van der Waals surface area contributed by atoms with Crippen LogP contribution in [0.4, 0.5) is 11.5 Å². The maximum absolute atomic E-state index is 12.3. The van der Waals surface area contributed by atoms with Gasteiger partial charge in [-0.1, -0.05) is 23.2 Å². The topological polar surface area (TPSA) is 54.0 Å². The molecule has 0 atom stereocenters. The molecule has 2 N–H and O–H groups in total. The monoisotopic (exact) mass is 387 g/mol. The molecule has 7 heteroatoms. The van der Waals surface area contributed by atoms with Gasteiger partial charge in [-0.2, -0.15) is 0 Å². The number of benzene rings is 1. The fraction of sp³-hybridized carbons (Fsp3) is 0.143. The minimum Gasteiger partial charge on any atom is -0.370 e. The molecule has 2 rings (SSSR count). The van der Waals surface area contributed by atoms with Crippen LogP contribution >= 0.6 is 39.1 Å². The summed E-state index contributed by atoms with van der Waals surface area (Å²) in [5.41, 5.74) is 0.917. The number of rotatable bonds is 4. The normalized spacial score (nSPS) is 10.3. The van der Waals surface area contributed by atoms with Crippen molar-refractivity contribution >= 4 is 56.5 Å². The molecule has 0 fully saturated rings. The van der Waals surface area contributed by atoms with Crippen molar-refractivity contribution in [3.8, 4) is 0 Å². The number of nitrogens with zero attached hydrogens (tertiary/aromatic N) is 1. The SMILES string of the molecule is CCNc1cc(C(=O)Nc2cc(Cl)ccc2Br)c(Cl)cn1. The van der Waals surface area contributed by atoms with E-state index in [1.54, 1.807) is 24.3 Å². The van der Waals surface area contributed by atoms with Crippen LogP contribution in [0.15, 0.2) is 34.9 Å². The van der Waals surface area contributed by atoms with E-state index in [0.717, 1.165) is 4.47 Å². The molecule has 0 aliphatic carbocycles. The zero-order valence-corrected chi connectivity index (χ0v) is 14.2. The van der Waals surface area contributed by atoms with Gasteiger partial charge in [0, 0.05) is 22.2 Å². The summed E-state index contributed by atoms with van der Waals surface area (Å²) in [4.78, 5) is 16.4. The highest BCUT2D eigenvalue weighted by Gasteiger charge is 2.14. The Morgan fingerprint density at radius 2 is 2.10 bits per heavy atom. The second-order valence-electron chi connectivity index (χ2n) is 4.16. The van der Waals surface area contributed by atoms with E-state index < -0.39 is 0 Å². The first-order valence-electron chi connectivity index (χ1n) is 6.17. The van der Waals surface area contributed by atoms with Gasteiger partial charge < -0.3 is 10.6 Å². The van der Waals surface area contributed by atoms with Crippen molar-refractivity contribution < 1.29 is 4.79 Å². The Morgan fingerprint density at radius 1 is 1.33 bits per heavy atom. The van der Waals surface area contributed by atoms with Crippen LogP contribution < -0.4 is 10.6 Å². The Morgan fingerprint density at radius 3 is 2.81 bits per heavy atom. The zero-order chi connectivity index (χ0) is 15.4. The molecular weight excluding hydrogens is 377 g/mol. The molecule has 110 valence electrons. The van der Waals surface area contributed by atoms with E-state index in [1.807, 2.05) is 6.92 Å². The fourth-order valence-electron chi connectivity index (χ4n) is 1.67. The first-order chi connectivity index (χ1) is 10.0. The van der Waals surface area contributed by atoms with Crippen molar-refractivity contribution in [2.45, 2.75) is 6.92 Å². The van der Waals surface area contributed by atoms with Gasteiger partial charge in [0.15, 0.2) is 0 Å². The molecule has 1 aromatic carbocycles. The van der Waals surface area contributed by atoms with Crippen molar-refractivity contribution in [2.24, 2.45) is 0 Å². The van der Waals surface area contributed by atoms with Crippen LogP contribution in [0.3, 0.4) is 0 Å². The number of pyridine rings is 1. The van der Waals surface area contributed by atoms with Gasteiger partial charge in [0.2, 0.25) is 0 Å². The zero-order valence-electron chi connectivity index (χ0n) is 11.1. The van der Waals surface area contributed by atoms with Crippen LogP contribution in [0, 0.1) is 0 Å². The quantitative estimate of drug-likeness (QED) is 0.788. The van der Waals surface area contributed by atoms with Gasteiger partial charge >= 0.3 is 0 Å². The van der Waals surface area contributed by atoms with E-state index >= 15 is 0 Å². The van der Waals surface area contributed by atoms with Crippen LogP contribution in [0.5, 0.6) is 0 Å². The average molecular weight is 389 g/mol. The summed E-state index contributed by atoms with van der Waals surface area (Å²) in [5.74, 6) is 0.265. The van der Waals surface area contributed by atoms with E-state index in [-0.39, 0.29) is 10.9 Å². The minimum atomic E-state index is -0.329. The van der Waals surface area contributed by atoms with Crippen LogP contribution in [-0.4, -0.2) is 17.4 Å². The number of amides is 1. The molecule has 1 aromatic heterocycles.